The number of aliphatic hydroxyl groups excluding tert-OH is 11. The van der Waals surface area contributed by atoms with Gasteiger partial charge in [0.15, 0.2) is 18.9 Å². The van der Waals surface area contributed by atoms with Crippen molar-refractivity contribution < 1.29 is 84.6 Å². The zero-order chi connectivity index (χ0) is 46.9. The molecule has 0 amide bonds. The molecule has 370 valence electrons. The molecule has 0 aromatic carbocycles. The summed E-state index contributed by atoms with van der Waals surface area (Å²) in [5.74, 6) is 0.786. The summed E-state index contributed by atoms with van der Waals surface area (Å²) in [4.78, 5) is 0. The third-order valence-electron chi connectivity index (χ3n) is 19.9. The standard InChI is InChI=1S/C47H80O17/c1-42(2)26-12-16-46(7)27(44(26,5)15-13-29(42)62-39-35(56)31(52)23(51)20-59-39)9-10-28-45(6)14-11-21(30(45)22(50)17-47(28,46)8)43(3,4)64-41-37(58)34(55)38(25(19-49)61-41)63-40-36(57)33(54)32(53)24(18-48)60-40/h21-41,48-58H,9-20H2,1-8H3/t21-,22-,23-,24+,25+,26+,27+,28+,29-,30+,31-,32+,33-,34+,35+,36+,37+,38+,39-,40-,41-,44-,45+,46+,47+/m0/s1. The van der Waals surface area contributed by atoms with E-state index in [9.17, 15) is 56.2 Å². The SMILES string of the molecule is CC(C)(O[C@@H]1O[C@H](CO)[C@@H](O[C@@H]2O[C@H](CO)[C@@H](O)[C@H](O)[C@H]2O)[C@H](O)[C@H]1O)[C@H]1CC[C@@]2(C)[C@H]1[C@@H](O)C[C@]1(C)[C@@H]2CC[C@@H]2[C@@]3(C)CC[C@H](O[C@@H]4OC[C@H](O)[C@H](O)[C@H]4O)C(C)(C)[C@H]3CC[C@]21C. The summed E-state index contributed by atoms with van der Waals surface area (Å²) in [6.45, 7) is 16.7. The predicted octanol–water partition coefficient (Wildman–Crippen LogP) is 0.302. The summed E-state index contributed by atoms with van der Waals surface area (Å²) in [6, 6.07) is 0. The van der Waals surface area contributed by atoms with Crippen molar-refractivity contribution in [3.63, 3.8) is 0 Å². The minimum atomic E-state index is -1.77. The number of aliphatic hydroxyl groups is 11. The van der Waals surface area contributed by atoms with E-state index in [4.69, 9.17) is 28.4 Å². The maximum absolute atomic E-state index is 12.6. The van der Waals surface area contributed by atoms with Crippen molar-refractivity contribution in [1.82, 2.24) is 0 Å². The molecule has 8 aliphatic rings. The summed E-state index contributed by atoms with van der Waals surface area (Å²) in [6.07, 6.45) is -13.1. The highest BCUT2D eigenvalue weighted by Crippen LogP contribution is 2.78. The first-order valence-corrected chi connectivity index (χ1v) is 24.1. The van der Waals surface area contributed by atoms with E-state index in [1.165, 1.54) is 0 Å². The maximum Gasteiger partial charge on any atom is 0.187 e. The summed E-state index contributed by atoms with van der Waals surface area (Å²) in [7, 11) is 0. The van der Waals surface area contributed by atoms with Crippen molar-refractivity contribution in [2.45, 2.75) is 217 Å². The van der Waals surface area contributed by atoms with Crippen molar-refractivity contribution in [2.24, 2.45) is 56.7 Å². The van der Waals surface area contributed by atoms with Crippen LogP contribution >= 0.6 is 0 Å². The second kappa shape index (κ2) is 17.3. The lowest BCUT2D eigenvalue weighted by Crippen LogP contribution is -2.69. The highest BCUT2D eigenvalue weighted by Gasteiger charge is 2.73. The smallest absolute Gasteiger partial charge is 0.187 e. The van der Waals surface area contributed by atoms with Crippen molar-refractivity contribution in [3.05, 3.63) is 0 Å². The summed E-state index contributed by atoms with van der Waals surface area (Å²) in [5.41, 5.74) is -1.68. The van der Waals surface area contributed by atoms with Gasteiger partial charge in [0.1, 0.15) is 67.1 Å². The van der Waals surface area contributed by atoms with Crippen LogP contribution in [0.5, 0.6) is 0 Å². The molecule has 0 unspecified atom stereocenters. The summed E-state index contributed by atoms with van der Waals surface area (Å²) in [5, 5.41) is 118. The molecule has 3 heterocycles. The molecule has 0 aromatic rings. The Morgan fingerprint density at radius 1 is 0.547 bits per heavy atom. The molecule has 0 bridgehead atoms. The van der Waals surface area contributed by atoms with E-state index in [-0.39, 0.29) is 51.6 Å². The number of ether oxygens (including phenoxy) is 6. The Balaban J connectivity index is 0.963. The van der Waals surface area contributed by atoms with Gasteiger partial charge in [0, 0.05) is 0 Å². The number of hydrogen-bond acceptors (Lipinski definition) is 17. The van der Waals surface area contributed by atoms with Crippen molar-refractivity contribution in [2.75, 3.05) is 19.8 Å². The number of rotatable bonds is 9. The average molecular weight is 917 g/mol. The Morgan fingerprint density at radius 2 is 1.14 bits per heavy atom. The molecule has 0 spiro atoms. The minimum absolute atomic E-state index is 0.000456. The highest BCUT2D eigenvalue weighted by molar-refractivity contribution is 5.21. The third kappa shape index (κ3) is 7.51. The zero-order valence-corrected chi connectivity index (χ0v) is 39.0. The summed E-state index contributed by atoms with van der Waals surface area (Å²) < 4.78 is 36.1. The van der Waals surface area contributed by atoms with Gasteiger partial charge >= 0.3 is 0 Å². The van der Waals surface area contributed by atoms with Gasteiger partial charge in [0.2, 0.25) is 0 Å². The lowest BCUT2D eigenvalue weighted by molar-refractivity contribution is -0.370. The quantitative estimate of drug-likeness (QED) is 0.139. The normalized spacial score (nSPS) is 56.4. The van der Waals surface area contributed by atoms with Crippen LogP contribution < -0.4 is 0 Å². The van der Waals surface area contributed by atoms with Crippen LogP contribution in [0.15, 0.2) is 0 Å². The number of fused-ring (bicyclic) bond motifs is 7. The minimum Gasteiger partial charge on any atom is -0.394 e. The molecule has 3 saturated heterocycles. The topological polar surface area (TPSA) is 278 Å². The molecule has 5 saturated carbocycles. The molecule has 11 N–H and O–H groups in total. The molecular weight excluding hydrogens is 836 g/mol. The van der Waals surface area contributed by atoms with E-state index in [2.05, 4.69) is 41.5 Å². The van der Waals surface area contributed by atoms with Crippen LogP contribution in [0.4, 0.5) is 0 Å². The molecular formula is C47H80O17. The Bertz CT molecular complexity index is 1650. The predicted molar refractivity (Wildman–Crippen MR) is 225 cm³/mol. The highest BCUT2D eigenvalue weighted by atomic mass is 16.7. The van der Waals surface area contributed by atoms with Crippen LogP contribution in [0.2, 0.25) is 0 Å². The van der Waals surface area contributed by atoms with Gasteiger partial charge in [0.25, 0.3) is 0 Å². The van der Waals surface area contributed by atoms with Crippen LogP contribution in [-0.4, -0.2) is 180 Å². The van der Waals surface area contributed by atoms with Crippen LogP contribution in [0.1, 0.15) is 113 Å². The molecule has 17 heteroatoms. The molecule has 3 aliphatic heterocycles. The van der Waals surface area contributed by atoms with Gasteiger partial charge in [-0.2, -0.15) is 0 Å². The first-order chi connectivity index (χ1) is 29.8. The van der Waals surface area contributed by atoms with E-state index in [1.807, 2.05) is 13.8 Å². The molecule has 17 nitrogen and oxygen atoms in total. The molecule has 8 rings (SSSR count). The monoisotopic (exact) mass is 917 g/mol. The lowest BCUT2D eigenvalue weighted by atomic mass is 9.31. The van der Waals surface area contributed by atoms with Crippen molar-refractivity contribution >= 4 is 0 Å². The van der Waals surface area contributed by atoms with E-state index in [1.54, 1.807) is 0 Å². The van der Waals surface area contributed by atoms with Gasteiger partial charge in [-0.1, -0.05) is 41.5 Å². The summed E-state index contributed by atoms with van der Waals surface area (Å²) >= 11 is 0. The molecule has 25 atom stereocenters. The molecule has 0 radical (unpaired) electrons. The Labute approximate surface area is 377 Å². The Kier molecular flexibility index (Phi) is 13.5. The fraction of sp³-hybridized carbons (Fsp3) is 1.00. The van der Waals surface area contributed by atoms with E-state index in [0.29, 0.717) is 24.2 Å². The van der Waals surface area contributed by atoms with Crippen LogP contribution in [0.25, 0.3) is 0 Å². The van der Waals surface area contributed by atoms with Crippen molar-refractivity contribution in [3.8, 4) is 0 Å². The van der Waals surface area contributed by atoms with Crippen LogP contribution in [0.3, 0.4) is 0 Å². The second-order valence-electron chi connectivity index (χ2n) is 23.5. The van der Waals surface area contributed by atoms with Crippen molar-refractivity contribution in [1.29, 1.82) is 0 Å². The maximum atomic E-state index is 12.6. The molecule has 0 aromatic heterocycles. The fourth-order valence-corrected chi connectivity index (χ4v) is 16.4. The van der Waals surface area contributed by atoms with Gasteiger partial charge < -0.3 is 84.6 Å². The van der Waals surface area contributed by atoms with Crippen LogP contribution in [0, 0.1) is 56.7 Å². The van der Waals surface area contributed by atoms with Gasteiger partial charge in [-0.15, -0.1) is 0 Å². The Morgan fingerprint density at radius 3 is 1.80 bits per heavy atom. The fourth-order valence-electron chi connectivity index (χ4n) is 16.4. The first kappa shape index (κ1) is 49.7. The first-order valence-electron chi connectivity index (χ1n) is 24.1. The van der Waals surface area contributed by atoms with E-state index < -0.39 is 111 Å². The van der Waals surface area contributed by atoms with Crippen LogP contribution in [-0.2, 0) is 28.4 Å². The van der Waals surface area contributed by atoms with Gasteiger partial charge in [-0.25, -0.2) is 0 Å². The Hall–Kier alpha value is -0.680. The largest absolute Gasteiger partial charge is 0.394 e. The third-order valence-corrected chi connectivity index (χ3v) is 19.9. The lowest BCUT2D eigenvalue weighted by Gasteiger charge is -2.74. The molecule has 5 aliphatic carbocycles. The average Bonchev–Trinajstić information content (AvgIpc) is 3.61. The second-order valence-corrected chi connectivity index (χ2v) is 23.5. The number of hydrogen-bond donors (Lipinski definition) is 11. The van der Waals surface area contributed by atoms with E-state index in [0.717, 1.165) is 51.4 Å². The van der Waals surface area contributed by atoms with E-state index >= 15 is 0 Å². The van der Waals surface area contributed by atoms with Gasteiger partial charge in [0.05, 0.1) is 37.6 Å². The zero-order valence-electron chi connectivity index (χ0n) is 39.0. The van der Waals surface area contributed by atoms with Gasteiger partial charge in [-0.05, 0) is 128 Å². The molecule has 8 fully saturated rings. The van der Waals surface area contributed by atoms with Gasteiger partial charge in [-0.3, -0.25) is 0 Å². The molecule has 64 heavy (non-hydrogen) atoms.